The fraction of sp³-hybridized carbons (Fsp3) is 0.355. The van der Waals surface area contributed by atoms with Crippen LogP contribution >= 0.6 is 0 Å². The highest BCUT2D eigenvalue weighted by Gasteiger charge is 2.30. The summed E-state index contributed by atoms with van der Waals surface area (Å²) < 4.78 is 7.57. The van der Waals surface area contributed by atoms with Gasteiger partial charge in [-0.1, -0.05) is 61.4 Å². The van der Waals surface area contributed by atoms with E-state index in [-0.39, 0.29) is 12.1 Å². The minimum Gasteiger partial charge on any atom is -0.497 e. The first-order chi connectivity index (χ1) is 17.6. The Labute approximate surface area is 213 Å². The van der Waals surface area contributed by atoms with Crippen molar-refractivity contribution in [2.75, 3.05) is 13.7 Å². The Morgan fingerprint density at radius 3 is 2.42 bits per heavy atom. The number of benzene rings is 3. The molecule has 36 heavy (non-hydrogen) atoms. The largest absolute Gasteiger partial charge is 0.497 e. The number of nitrogens with zero attached hydrogens (tertiary/aromatic N) is 2. The van der Waals surface area contributed by atoms with Crippen molar-refractivity contribution in [1.82, 2.24) is 9.47 Å². The van der Waals surface area contributed by atoms with Crippen molar-refractivity contribution in [3.05, 3.63) is 90.5 Å². The molecule has 0 spiro atoms. The van der Waals surface area contributed by atoms with E-state index in [4.69, 9.17) is 4.74 Å². The molecule has 3 aromatic carbocycles. The van der Waals surface area contributed by atoms with Crippen LogP contribution in [0.2, 0.25) is 0 Å². The highest BCUT2D eigenvalue weighted by molar-refractivity contribution is 5.87. The average Bonchev–Trinajstić information content (AvgIpc) is 3.27. The quantitative estimate of drug-likeness (QED) is 0.330. The molecule has 0 amide bonds. The second-order valence-corrected chi connectivity index (χ2v) is 9.92. The fourth-order valence-corrected chi connectivity index (χ4v) is 5.60. The predicted octanol–water partition coefficient (Wildman–Crippen LogP) is 5.48. The summed E-state index contributed by atoms with van der Waals surface area (Å²) in [5, 5.41) is 23.4. The summed E-state index contributed by atoms with van der Waals surface area (Å²) in [5.74, 6) is 0.823. The Morgan fingerprint density at radius 1 is 0.944 bits per heavy atom. The van der Waals surface area contributed by atoms with Crippen LogP contribution in [0, 0.1) is 0 Å². The van der Waals surface area contributed by atoms with Crippen LogP contribution in [0.5, 0.6) is 5.75 Å². The number of fused-ring (bicyclic) bond motifs is 1. The summed E-state index contributed by atoms with van der Waals surface area (Å²) >= 11 is 0. The molecule has 0 unspecified atom stereocenters. The van der Waals surface area contributed by atoms with E-state index in [9.17, 15) is 10.2 Å². The van der Waals surface area contributed by atoms with Gasteiger partial charge in [0.25, 0.3) is 0 Å². The van der Waals surface area contributed by atoms with Gasteiger partial charge in [0, 0.05) is 35.7 Å². The van der Waals surface area contributed by atoms with Crippen LogP contribution in [0.4, 0.5) is 0 Å². The third-order valence-electron chi connectivity index (χ3n) is 7.43. The van der Waals surface area contributed by atoms with Crippen molar-refractivity contribution < 1.29 is 14.9 Å². The summed E-state index contributed by atoms with van der Waals surface area (Å²) in [6.07, 6.45) is 3.04. The molecule has 5 rings (SSSR count). The Bertz CT molecular complexity index is 1250. The lowest BCUT2D eigenvalue weighted by Gasteiger charge is -2.39. The Hall–Kier alpha value is -3.12. The minimum atomic E-state index is -0.587. The molecule has 0 radical (unpaired) electrons. The highest BCUT2D eigenvalue weighted by Crippen LogP contribution is 2.30. The molecule has 1 saturated carbocycles. The maximum absolute atomic E-state index is 11.4. The third-order valence-corrected chi connectivity index (χ3v) is 7.43. The van der Waals surface area contributed by atoms with Crippen molar-refractivity contribution in [3.8, 4) is 17.0 Å². The van der Waals surface area contributed by atoms with Crippen LogP contribution in [-0.4, -0.2) is 51.6 Å². The molecule has 5 heteroatoms. The monoisotopic (exact) mass is 484 g/mol. The maximum Gasteiger partial charge on any atom is 0.118 e. The number of aromatic nitrogens is 1. The summed E-state index contributed by atoms with van der Waals surface area (Å²) in [4.78, 5) is 2.29. The van der Waals surface area contributed by atoms with Gasteiger partial charge in [0.05, 0.1) is 25.9 Å². The predicted molar refractivity (Wildman–Crippen MR) is 145 cm³/mol. The van der Waals surface area contributed by atoms with Gasteiger partial charge in [0.15, 0.2) is 0 Å². The van der Waals surface area contributed by atoms with E-state index in [2.05, 4.69) is 51.9 Å². The van der Waals surface area contributed by atoms with Crippen LogP contribution in [0.3, 0.4) is 0 Å². The van der Waals surface area contributed by atoms with E-state index in [0.717, 1.165) is 60.1 Å². The van der Waals surface area contributed by atoms with E-state index in [0.29, 0.717) is 13.1 Å². The summed E-state index contributed by atoms with van der Waals surface area (Å²) in [6.45, 7) is 1.70. The highest BCUT2D eigenvalue weighted by atomic mass is 16.5. The number of aliphatic hydroxyl groups excluding tert-OH is 2. The van der Waals surface area contributed by atoms with Gasteiger partial charge < -0.3 is 19.5 Å². The summed E-state index contributed by atoms with van der Waals surface area (Å²) in [5.41, 5.74) is 4.47. The van der Waals surface area contributed by atoms with Gasteiger partial charge >= 0.3 is 0 Å². The molecule has 1 aliphatic carbocycles. The molecule has 1 aromatic heterocycles. The van der Waals surface area contributed by atoms with Gasteiger partial charge in [0.2, 0.25) is 0 Å². The smallest absolute Gasteiger partial charge is 0.118 e. The van der Waals surface area contributed by atoms with Gasteiger partial charge in [-0.2, -0.15) is 0 Å². The SMILES string of the molecule is COc1ccc(-c2cc3ccccc3n2C[C@H](O)CN(Cc2ccccc2)[C@H]2CCCC[C@H]2O)cc1. The van der Waals surface area contributed by atoms with Gasteiger partial charge in [-0.15, -0.1) is 0 Å². The average molecular weight is 485 g/mol. The van der Waals surface area contributed by atoms with Crippen molar-refractivity contribution in [2.24, 2.45) is 0 Å². The summed E-state index contributed by atoms with van der Waals surface area (Å²) in [7, 11) is 1.67. The molecule has 5 nitrogen and oxygen atoms in total. The standard InChI is InChI=1S/C31H36N2O3/c1-36-27-17-15-24(16-18-27)30-19-25-11-5-6-12-28(25)33(30)22-26(34)21-32(20-23-9-3-2-4-10-23)29-13-7-8-14-31(29)35/h2-6,9-12,15-19,26,29,31,34-35H,7-8,13-14,20-22H2,1H3/t26-,29+,31-/m1/s1. The zero-order valence-corrected chi connectivity index (χ0v) is 21.0. The third kappa shape index (κ3) is 5.49. The van der Waals surface area contributed by atoms with E-state index in [1.807, 2.05) is 42.5 Å². The first-order valence-electron chi connectivity index (χ1n) is 13.0. The first-order valence-corrected chi connectivity index (χ1v) is 13.0. The van der Waals surface area contributed by atoms with Gasteiger partial charge in [-0.3, -0.25) is 4.90 Å². The van der Waals surface area contributed by atoms with Crippen LogP contribution < -0.4 is 4.74 Å². The van der Waals surface area contributed by atoms with E-state index in [1.165, 1.54) is 5.56 Å². The molecule has 1 heterocycles. The van der Waals surface area contributed by atoms with E-state index in [1.54, 1.807) is 7.11 Å². The lowest BCUT2D eigenvalue weighted by Crippen LogP contribution is -2.48. The van der Waals surface area contributed by atoms with Crippen molar-refractivity contribution in [3.63, 3.8) is 0 Å². The Balaban J connectivity index is 1.42. The first kappa shape index (κ1) is 24.6. The number of para-hydroxylation sites is 1. The van der Waals surface area contributed by atoms with Gasteiger partial charge in [0.1, 0.15) is 5.75 Å². The molecule has 0 saturated heterocycles. The summed E-state index contributed by atoms with van der Waals surface area (Å²) in [6, 6.07) is 29.0. The van der Waals surface area contributed by atoms with Crippen LogP contribution in [0.25, 0.3) is 22.2 Å². The number of aliphatic hydroxyl groups is 2. The maximum atomic E-state index is 11.4. The molecule has 3 atom stereocenters. The minimum absolute atomic E-state index is 0.0658. The van der Waals surface area contributed by atoms with E-state index < -0.39 is 6.10 Å². The molecule has 2 N–H and O–H groups in total. The lowest BCUT2D eigenvalue weighted by atomic mass is 9.90. The van der Waals surface area contributed by atoms with Gasteiger partial charge in [-0.05, 0) is 60.4 Å². The second kappa shape index (κ2) is 11.3. The lowest BCUT2D eigenvalue weighted by molar-refractivity contribution is -0.00868. The van der Waals surface area contributed by atoms with Crippen molar-refractivity contribution in [1.29, 1.82) is 0 Å². The van der Waals surface area contributed by atoms with E-state index >= 15 is 0 Å². The topological polar surface area (TPSA) is 57.9 Å². The Morgan fingerprint density at radius 2 is 1.67 bits per heavy atom. The fourth-order valence-electron chi connectivity index (χ4n) is 5.60. The zero-order valence-electron chi connectivity index (χ0n) is 21.0. The Kier molecular flexibility index (Phi) is 7.71. The van der Waals surface area contributed by atoms with Crippen LogP contribution in [0.15, 0.2) is 84.9 Å². The molecule has 1 aliphatic rings. The number of hydrogen-bond donors (Lipinski definition) is 2. The molecule has 188 valence electrons. The number of methoxy groups -OCH3 is 1. The second-order valence-electron chi connectivity index (χ2n) is 9.92. The zero-order chi connectivity index (χ0) is 24.9. The molecular formula is C31H36N2O3. The number of ether oxygens (including phenoxy) is 1. The molecule has 1 fully saturated rings. The van der Waals surface area contributed by atoms with Crippen molar-refractivity contribution >= 4 is 10.9 Å². The molecular weight excluding hydrogens is 448 g/mol. The van der Waals surface area contributed by atoms with Crippen LogP contribution in [0.1, 0.15) is 31.2 Å². The van der Waals surface area contributed by atoms with Gasteiger partial charge in [-0.25, -0.2) is 0 Å². The molecule has 0 bridgehead atoms. The molecule has 4 aromatic rings. The van der Waals surface area contributed by atoms with Crippen LogP contribution in [-0.2, 0) is 13.1 Å². The number of hydrogen-bond acceptors (Lipinski definition) is 4. The number of rotatable bonds is 9. The molecule has 0 aliphatic heterocycles. The normalized spacial score (nSPS) is 19.0. The van der Waals surface area contributed by atoms with Crippen molar-refractivity contribution in [2.45, 2.75) is 57.0 Å².